The molecule has 1 atom stereocenters. The molecule has 1 amide bonds. The van der Waals surface area contributed by atoms with Gasteiger partial charge in [-0.15, -0.1) is 0 Å². The number of halogens is 1. The summed E-state index contributed by atoms with van der Waals surface area (Å²) in [5.41, 5.74) is 1.16. The summed E-state index contributed by atoms with van der Waals surface area (Å²) in [6.07, 6.45) is 3.48. The van der Waals surface area contributed by atoms with Gasteiger partial charge in [0.05, 0.1) is 11.0 Å². The van der Waals surface area contributed by atoms with E-state index >= 15 is 0 Å². The fourth-order valence-corrected chi connectivity index (χ4v) is 4.70. The average molecular weight is 433 g/mol. The van der Waals surface area contributed by atoms with E-state index < -0.39 is 10.0 Å². The minimum atomic E-state index is -3.74. The number of hydrogen-bond donors (Lipinski definition) is 1. The highest BCUT2D eigenvalue weighted by Gasteiger charge is 2.33. The van der Waals surface area contributed by atoms with Crippen molar-refractivity contribution in [3.8, 4) is 0 Å². The highest BCUT2D eigenvalue weighted by Crippen LogP contribution is 2.30. The highest BCUT2D eigenvalue weighted by atomic mass is 32.2. The lowest BCUT2D eigenvalue weighted by Crippen LogP contribution is -2.33. The van der Waals surface area contributed by atoms with E-state index in [9.17, 15) is 17.6 Å². The minimum absolute atomic E-state index is 0.0591. The van der Waals surface area contributed by atoms with Crippen molar-refractivity contribution in [1.82, 2.24) is 9.62 Å². The molecule has 0 spiro atoms. The number of nitrogens with one attached hydrogen (secondary N) is 1. The number of ether oxygens (including phenoxy) is 1. The molecule has 2 aromatic carbocycles. The van der Waals surface area contributed by atoms with E-state index in [1.54, 1.807) is 29.2 Å². The minimum Gasteiger partial charge on any atom is -0.377 e. The molecule has 1 saturated heterocycles. The molecule has 4 rings (SSSR count). The molecule has 0 radical (unpaired) electrons. The maximum atomic E-state index is 13.2. The molecule has 1 heterocycles. The second-order valence-electron chi connectivity index (χ2n) is 7.81. The molecule has 1 aliphatic carbocycles. The first-order chi connectivity index (χ1) is 14.4. The standard InChI is InChI=1S/C22H25FN2O4S/c23-18-8-6-16(7-9-18)15-25(19-10-11-19)22(26)17-3-1-5-21(13-17)30(27,28)24-14-20-4-2-12-29-20/h1,3,5-9,13,19-20,24H,2,4,10-12,14-15H2. The molecule has 1 unspecified atom stereocenters. The van der Waals surface area contributed by atoms with Gasteiger partial charge < -0.3 is 9.64 Å². The Balaban J connectivity index is 1.49. The summed E-state index contributed by atoms with van der Waals surface area (Å²) >= 11 is 0. The lowest BCUT2D eigenvalue weighted by atomic mass is 10.1. The Bertz CT molecular complexity index is 1000. The van der Waals surface area contributed by atoms with Crippen LogP contribution in [0.2, 0.25) is 0 Å². The number of hydrogen-bond acceptors (Lipinski definition) is 4. The van der Waals surface area contributed by atoms with Gasteiger partial charge in [-0.1, -0.05) is 18.2 Å². The quantitative estimate of drug-likeness (QED) is 0.696. The summed E-state index contributed by atoms with van der Waals surface area (Å²) in [6, 6.07) is 12.3. The summed E-state index contributed by atoms with van der Waals surface area (Å²) in [7, 11) is -3.74. The third-order valence-corrected chi connectivity index (χ3v) is 6.85. The van der Waals surface area contributed by atoms with Gasteiger partial charge in [-0.2, -0.15) is 0 Å². The number of carbonyl (C=O) groups is 1. The van der Waals surface area contributed by atoms with Crippen LogP contribution in [0, 0.1) is 5.82 Å². The lowest BCUT2D eigenvalue weighted by Gasteiger charge is -2.23. The second-order valence-corrected chi connectivity index (χ2v) is 9.57. The van der Waals surface area contributed by atoms with Gasteiger partial charge in [-0.25, -0.2) is 17.5 Å². The van der Waals surface area contributed by atoms with E-state index in [0.29, 0.717) is 18.7 Å². The lowest BCUT2D eigenvalue weighted by molar-refractivity contribution is 0.0729. The number of rotatable bonds is 8. The predicted molar refractivity (Wildman–Crippen MR) is 110 cm³/mol. The predicted octanol–water partition coefficient (Wildman–Crippen LogP) is 3.09. The van der Waals surface area contributed by atoms with Gasteiger partial charge in [0.25, 0.3) is 5.91 Å². The molecule has 0 aromatic heterocycles. The van der Waals surface area contributed by atoms with Crippen molar-refractivity contribution in [3.63, 3.8) is 0 Å². The van der Waals surface area contributed by atoms with Gasteiger partial charge in [0.15, 0.2) is 0 Å². The van der Waals surface area contributed by atoms with Crippen LogP contribution in [0.1, 0.15) is 41.6 Å². The van der Waals surface area contributed by atoms with Crippen LogP contribution < -0.4 is 4.72 Å². The Morgan fingerprint density at radius 3 is 2.57 bits per heavy atom. The Labute approximate surface area is 176 Å². The monoisotopic (exact) mass is 432 g/mol. The van der Waals surface area contributed by atoms with Crippen molar-refractivity contribution < 1.29 is 22.3 Å². The van der Waals surface area contributed by atoms with Crippen LogP contribution in [0.15, 0.2) is 53.4 Å². The molecule has 1 saturated carbocycles. The Hall–Kier alpha value is -2.29. The zero-order valence-electron chi connectivity index (χ0n) is 16.6. The van der Waals surface area contributed by atoms with E-state index in [1.165, 1.54) is 24.3 Å². The number of amides is 1. The van der Waals surface area contributed by atoms with Crippen molar-refractivity contribution >= 4 is 15.9 Å². The van der Waals surface area contributed by atoms with Gasteiger partial charge in [0.2, 0.25) is 10.0 Å². The van der Waals surface area contributed by atoms with Crippen LogP contribution in [-0.4, -0.2) is 44.5 Å². The molecule has 0 bridgehead atoms. The van der Waals surface area contributed by atoms with Crippen LogP contribution in [0.3, 0.4) is 0 Å². The maximum Gasteiger partial charge on any atom is 0.254 e. The van der Waals surface area contributed by atoms with Crippen LogP contribution in [0.4, 0.5) is 4.39 Å². The van der Waals surface area contributed by atoms with Crippen molar-refractivity contribution in [3.05, 3.63) is 65.5 Å². The van der Waals surface area contributed by atoms with Crippen molar-refractivity contribution in [2.75, 3.05) is 13.2 Å². The van der Waals surface area contributed by atoms with Crippen LogP contribution in [0.5, 0.6) is 0 Å². The van der Waals surface area contributed by atoms with Crippen LogP contribution >= 0.6 is 0 Å². The summed E-state index contributed by atoms with van der Waals surface area (Å²) < 4.78 is 46.6. The molecule has 2 aromatic rings. The first-order valence-electron chi connectivity index (χ1n) is 10.2. The SMILES string of the molecule is O=C(c1cccc(S(=O)(=O)NCC2CCCO2)c1)N(Cc1ccc(F)cc1)C1CC1. The third kappa shape index (κ3) is 5.06. The van der Waals surface area contributed by atoms with E-state index in [1.807, 2.05) is 0 Å². The Morgan fingerprint density at radius 1 is 1.13 bits per heavy atom. The van der Waals surface area contributed by atoms with Crippen molar-refractivity contribution in [2.45, 2.75) is 49.3 Å². The average Bonchev–Trinajstić information content (AvgIpc) is 3.45. The summed E-state index contributed by atoms with van der Waals surface area (Å²) in [5.74, 6) is -0.547. The summed E-state index contributed by atoms with van der Waals surface area (Å²) in [4.78, 5) is 15.0. The molecule has 1 N–H and O–H groups in total. The largest absolute Gasteiger partial charge is 0.377 e. The molecule has 30 heavy (non-hydrogen) atoms. The van der Waals surface area contributed by atoms with Gasteiger partial charge in [-0.05, 0) is 61.6 Å². The number of nitrogens with zero attached hydrogens (tertiary/aromatic N) is 1. The maximum absolute atomic E-state index is 13.2. The number of carbonyl (C=O) groups excluding carboxylic acids is 1. The van der Waals surface area contributed by atoms with Crippen LogP contribution in [-0.2, 0) is 21.3 Å². The van der Waals surface area contributed by atoms with E-state index in [2.05, 4.69) is 4.72 Å². The fraction of sp³-hybridized carbons (Fsp3) is 0.409. The summed E-state index contributed by atoms with van der Waals surface area (Å²) in [5, 5.41) is 0. The van der Waals surface area contributed by atoms with Crippen molar-refractivity contribution in [1.29, 1.82) is 0 Å². The molecule has 160 valence electrons. The van der Waals surface area contributed by atoms with E-state index in [4.69, 9.17) is 4.74 Å². The molecule has 2 aliphatic rings. The van der Waals surface area contributed by atoms with Crippen LogP contribution in [0.25, 0.3) is 0 Å². The molecule has 1 aliphatic heterocycles. The first-order valence-corrected chi connectivity index (χ1v) is 11.7. The van der Waals surface area contributed by atoms with Gasteiger partial charge in [0, 0.05) is 31.3 Å². The molecule has 8 heteroatoms. The van der Waals surface area contributed by atoms with E-state index in [-0.39, 0.29) is 35.3 Å². The fourth-order valence-electron chi connectivity index (χ4n) is 3.59. The molecule has 6 nitrogen and oxygen atoms in total. The zero-order chi connectivity index (χ0) is 21.1. The second kappa shape index (κ2) is 8.83. The van der Waals surface area contributed by atoms with Gasteiger partial charge in [-0.3, -0.25) is 4.79 Å². The first kappa shape index (κ1) is 21.0. The number of sulfonamides is 1. The zero-order valence-corrected chi connectivity index (χ0v) is 17.4. The topological polar surface area (TPSA) is 75.7 Å². The summed E-state index contributed by atoms with van der Waals surface area (Å²) in [6.45, 7) is 1.23. The molecule has 2 fully saturated rings. The molecular formula is C22H25FN2O4S. The van der Waals surface area contributed by atoms with Crippen molar-refractivity contribution in [2.24, 2.45) is 0 Å². The third-order valence-electron chi connectivity index (χ3n) is 5.43. The Morgan fingerprint density at radius 2 is 1.90 bits per heavy atom. The van der Waals surface area contributed by atoms with Gasteiger partial charge >= 0.3 is 0 Å². The smallest absolute Gasteiger partial charge is 0.254 e. The molecular weight excluding hydrogens is 407 g/mol. The number of benzene rings is 2. The van der Waals surface area contributed by atoms with E-state index in [0.717, 1.165) is 31.2 Å². The van der Waals surface area contributed by atoms with Gasteiger partial charge in [0.1, 0.15) is 5.82 Å². The Kier molecular flexibility index (Phi) is 6.17. The highest BCUT2D eigenvalue weighted by molar-refractivity contribution is 7.89. The normalized spacial score (nSPS) is 19.0.